The smallest absolute Gasteiger partial charge is 0.221 e. The maximum absolute atomic E-state index is 15.1. The first-order valence-electron chi connectivity index (χ1n) is 7.20. The summed E-state index contributed by atoms with van der Waals surface area (Å²) in [4.78, 5) is 0. The summed E-state index contributed by atoms with van der Waals surface area (Å²) in [5.41, 5.74) is -9.35. The summed E-state index contributed by atoms with van der Waals surface area (Å²) in [5, 5.41) is 8.77. The van der Waals surface area contributed by atoms with Crippen LogP contribution in [0.3, 0.4) is 0 Å². The van der Waals surface area contributed by atoms with Crippen LogP contribution in [0, 0.1) is 17.4 Å². The molecule has 0 N–H and O–H groups in total. The Morgan fingerprint density at radius 1 is 0.828 bits per heavy atom. The van der Waals surface area contributed by atoms with Crippen LogP contribution in [-0.2, 0) is 5.67 Å². The molecule has 0 saturated heterocycles. The Labute approximate surface area is 174 Å². The molecule has 2 aromatic carbocycles. The summed E-state index contributed by atoms with van der Waals surface area (Å²) in [7, 11) is 0. The Kier molecular flexibility index (Phi) is 6.09. The zero-order valence-electron chi connectivity index (χ0n) is 13.5. The molecule has 0 fully saturated rings. The zero-order chi connectivity index (χ0) is 22.4. The number of benzene rings is 2. The van der Waals surface area contributed by atoms with Gasteiger partial charge in [-0.2, -0.15) is 40.4 Å². The van der Waals surface area contributed by atoms with Gasteiger partial charge >= 0.3 is 23.9 Å². The lowest BCUT2D eigenvalue weighted by Gasteiger charge is -2.37. The van der Waals surface area contributed by atoms with Crippen molar-refractivity contribution in [2.45, 2.75) is 23.9 Å². The Bertz CT molecular complexity index is 959. The number of hydrogen-bond acceptors (Lipinski definition) is 1. The van der Waals surface area contributed by atoms with Crippen LogP contribution in [0.25, 0.3) is 11.1 Å². The van der Waals surface area contributed by atoms with Crippen molar-refractivity contribution in [3.8, 4) is 17.2 Å². The minimum atomic E-state index is -6.85. The molecule has 0 spiro atoms. The third-order valence-electron chi connectivity index (χ3n) is 3.84. The van der Waals surface area contributed by atoms with Gasteiger partial charge in [-0.3, -0.25) is 0 Å². The van der Waals surface area contributed by atoms with Crippen molar-refractivity contribution in [2.75, 3.05) is 0 Å². The highest BCUT2D eigenvalue weighted by Gasteiger charge is 2.82. The molecule has 0 aliphatic heterocycles. The van der Waals surface area contributed by atoms with Gasteiger partial charge in [0.1, 0.15) is 0 Å². The maximum Gasteiger partial charge on any atom is 0.457 e. The number of hydrogen-bond donors (Lipinski definition) is 0. The average molecular weight is 554 g/mol. The van der Waals surface area contributed by atoms with Gasteiger partial charge in [0.15, 0.2) is 0 Å². The lowest BCUT2D eigenvalue weighted by atomic mass is 9.82. The number of nitrogens with zero attached hydrogens (tertiary/aromatic N) is 1. The van der Waals surface area contributed by atoms with E-state index in [0.29, 0.717) is 0 Å². The van der Waals surface area contributed by atoms with Gasteiger partial charge in [0, 0.05) is 26.1 Å². The van der Waals surface area contributed by atoms with Crippen LogP contribution in [0.4, 0.5) is 39.5 Å². The van der Waals surface area contributed by atoms with E-state index in [0.717, 1.165) is 24.3 Å². The van der Waals surface area contributed by atoms with Gasteiger partial charge in [-0.25, -0.2) is 4.39 Å². The fourth-order valence-electron chi connectivity index (χ4n) is 2.48. The van der Waals surface area contributed by atoms with Crippen molar-refractivity contribution in [3.63, 3.8) is 0 Å². The molecule has 1 unspecified atom stereocenters. The minimum absolute atomic E-state index is 0.0236. The minimum Gasteiger partial charge on any atom is -0.221 e. The average Bonchev–Trinajstić information content (AvgIpc) is 2.58. The van der Waals surface area contributed by atoms with E-state index < -0.39 is 44.0 Å². The van der Waals surface area contributed by atoms with Crippen molar-refractivity contribution >= 4 is 31.9 Å². The zero-order valence-corrected chi connectivity index (χ0v) is 16.7. The largest absolute Gasteiger partial charge is 0.457 e. The lowest BCUT2D eigenvalue weighted by molar-refractivity contribution is -0.389. The molecule has 0 aliphatic rings. The van der Waals surface area contributed by atoms with Gasteiger partial charge in [-0.1, -0.05) is 28.1 Å². The molecular formula is C17H5Br2F9N. The van der Waals surface area contributed by atoms with Gasteiger partial charge in [-0.05, 0) is 39.7 Å². The summed E-state index contributed by atoms with van der Waals surface area (Å²) < 4.78 is 121. The molecule has 0 aromatic heterocycles. The second kappa shape index (κ2) is 7.50. The van der Waals surface area contributed by atoms with Gasteiger partial charge in [0.2, 0.25) is 0 Å². The lowest BCUT2D eigenvalue weighted by Crippen LogP contribution is -2.60. The maximum atomic E-state index is 15.1. The Balaban J connectivity index is 2.98. The molecule has 0 heterocycles. The van der Waals surface area contributed by atoms with Gasteiger partial charge < -0.3 is 0 Å². The van der Waals surface area contributed by atoms with E-state index in [1.807, 2.05) is 0 Å². The molecule has 2 aromatic rings. The second-order valence-corrected chi connectivity index (χ2v) is 7.28. The summed E-state index contributed by atoms with van der Waals surface area (Å²) in [6.07, 6.45) is -13.5. The first-order chi connectivity index (χ1) is 13.1. The van der Waals surface area contributed by atoms with Crippen LogP contribution in [-0.4, -0.2) is 18.3 Å². The molecule has 1 radical (unpaired) electrons. The molecular weight excluding hydrogens is 549 g/mol. The highest BCUT2D eigenvalue weighted by atomic mass is 79.9. The molecule has 29 heavy (non-hydrogen) atoms. The molecule has 12 heteroatoms. The van der Waals surface area contributed by atoms with E-state index in [1.165, 1.54) is 0 Å². The van der Waals surface area contributed by atoms with E-state index in [2.05, 4.69) is 37.9 Å². The molecule has 0 bridgehead atoms. The predicted molar refractivity (Wildman–Crippen MR) is 90.7 cm³/mol. The summed E-state index contributed by atoms with van der Waals surface area (Å²) >= 11 is 5.37. The van der Waals surface area contributed by atoms with Crippen molar-refractivity contribution in [3.05, 3.63) is 56.5 Å². The number of rotatable bonds is 3. The first-order valence-corrected chi connectivity index (χ1v) is 8.79. The van der Waals surface area contributed by atoms with Gasteiger partial charge in [0.05, 0.1) is 11.6 Å². The molecule has 155 valence electrons. The standard InChI is InChI=1S/C17H5Br2F9N/c18-10-5-11(14(20,16(23,24)25)15(21,22)17(26,27)28)13(12(19)6-10)9-3-1-8(7-29)2-4-9/h1-5H. The summed E-state index contributed by atoms with van der Waals surface area (Å²) in [6, 6.07) is 8.28. The normalized spacial score (nSPS) is 15.0. The fraction of sp³-hybridized carbons (Fsp3) is 0.235. The third-order valence-corrected chi connectivity index (χ3v) is 4.86. The van der Waals surface area contributed by atoms with E-state index in [9.17, 15) is 35.1 Å². The second-order valence-electron chi connectivity index (χ2n) is 5.64. The Morgan fingerprint density at radius 2 is 1.34 bits per heavy atom. The molecule has 0 aliphatic carbocycles. The number of nitriles is 1. The van der Waals surface area contributed by atoms with Crippen LogP contribution in [0.2, 0.25) is 0 Å². The molecule has 1 nitrogen and oxygen atoms in total. The SMILES string of the molecule is N#Cc1ccc(-c2c(Br)[c]c(Br)cc2C(F)(C(F)(F)F)C(F)(F)C(F)(F)F)cc1. The number of alkyl halides is 9. The monoisotopic (exact) mass is 552 g/mol. The fourth-order valence-corrected chi connectivity index (χ4v) is 3.83. The van der Waals surface area contributed by atoms with Crippen molar-refractivity contribution in [2.24, 2.45) is 0 Å². The van der Waals surface area contributed by atoms with Gasteiger partial charge in [0.25, 0.3) is 0 Å². The van der Waals surface area contributed by atoms with Gasteiger partial charge in [-0.15, -0.1) is 0 Å². The van der Waals surface area contributed by atoms with Crippen LogP contribution < -0.4 is 0 Å². The van der Waals surface area contributed by atoms with Crippen molar-refractivity contribution < 1.29 is 39.5 Å². The van der Waals surface area contributed by atoms with Crippen LogP contribution in [0.5, 0.6) is 0 Å². The first kappa shape index (κ1) is 23.5. The van der Waals surface area contributed by atoms with Crippen molar-refractivity contribution in [1.82, 2.24) is 0 Å². The summed E-state index contributed by atoms with van der Waals surface area (Å²) in [6.45, 7) is 0. The predicted octanol–water partition coefficient (Wildman–Crippen LogP) is 7.48. The highest BCUT2D eigenvalue weighted by molar-refractivity contribution is 9.11. The molecule has 1 atom stereocenters. The van der Waals surface area contributed by atoms with Crippen molar-refractivity contribution in [1.29, 1.82) is 5.26 Å². The molecule has 0 amide bonds. The van der Waals surface area contributed by atoms with Crippen LogP contribution >= 0.6 is 31.9 Å². The number of halogens is 11. The Morgan fingerprint density at radius 3 is 1.76 bits per heavy atom. The quantitative estimate of drug-likeness (QED) is 0.362. The van der Waals surface area contributed by atoms with E-state index >= 15 is 4.39 Å². The summed E-state index contributed by atoms with van der Waals surface area (Å²) in [5.74, 6) is -6.82. The highest BCUT2D eigenvalue weighted by Crippen LogP contribution is 2.60. The molecule has 2 rings (SSSR count). The third kappa shape index (κ3) is 3.86. The van der Waals surface area contributed by atoms with E-state index in [-0.39, 0.29) is 17.2 Å². The van der Waals surface area contributed by atoms with Crippen LogP contribution in [0.15, 0.2) is 39.3 Å². The van der Waals surface area contributed by atoms with E-state index in [4.69, 9.17) is 5.26 Å². The van der Waals surface area contributed by atoms with Crippen LogP contribution in [0.1, 0.15) is 11.1 Å². The Hall–Kier alpha value is -1.74. The van der Waals surface area contributed by atoms with E-state index in [1.54, 1.807) is 6.07 Å². The topological polar surface area (TPSA) is 23.8 Å². The molecule has 0 saturated carbocycles.